The van der Waals surface area contributed by atoms with Gasteiger partial charge in [0.1, 0.15) is 5.75 Å². The Hall–Kier alpha value is -1.04. The van der Waals surface area contributed by atoms with Crippen LogP contribution in [0.2, 0.25) is 0 Å². The molecule has 1 aromatic heterocycles. The molecular formula is C14H23Cl2N3O2. The maximum absolute atomic E-state index is 12.3. The Balaban J connectivity index is 0.00000200. The SMILES string of the molecule is CNCC1CCN(C(=O)C(C)Oc2cccnc2)C1.Cl.Cl. The van der Waals surface area contributed by atoms with Gasteiger partial charge < -0.3 is 15.0 Å². The summed E-state index contributed by atoms with van der Waals surface area (Å²) < 4.78 is 5.61. The highest BCUT2D eigenvalue weighted by molar-refractivity contribution is 5.85. The van der Waals surface area contributed by atoms with Gasteiger partial charge in [-0.1, -0.05) is 0 Å². The van der Waals surface area contributed by atoms with Gasteiger partial charge in [0, 0.05) is 19.3 Å². The number of hydrogen-bond acceptors (Lipinski definition) is 4. The number of aromatic nitrogens is 1. The fourth-order valence-corrected chi connectivity index (χ4v) is 2.42. The molecule has 1 aliphatic heterocycles. The molecule has 2 rings (SSSR count). The molecule has 21 heavy (non-hydrogen) atoms. The van der Waals surface area contributed by atoms with E-state index in [1.165, 1.54) is 0 Å². The van der Waals surface area contributed by atoms with E-state index in [-0.39, 0.29) is 30.7 Å². The van der Waals surface area contributed by atoms with E-state index in [1.807, 2.05) is 18.0 Å². The Bertz CT molecular complexity index is 420. The number of hydrogen-bond donors (Lipinski definition) is 1. The first-order valence-electron chi connectivity index (χ1n) is 6.70. The Morgan fingerprint density at radius 2 is 2.33 bits per heavy atom. The topological polar surface area (TPSA) is 54.5 Å². The van der Waals surface area contributed by atoms with Crippen LogP contribution >= 0.6 is 24.8 Å². The molecule has 1 N–H and O–H groups in total. The number of rotatable bonds is 5. The van der Waals surface area contributed by atoms with Crippen molar-refractivity contribution in [3.63, 3.8) is 0 Å². The van der Waals surface area contributed by atoms with Gasteiger partial charge in [0.05, 0.1) is 6.20 Å². The lowest BCUT2D eigenvalue weighted by atomic mass is 10.1. The minimum atomic E-state index is -0.461. The zero-order chi connectivity index (χ0) is 13.7. The molecule has 0 aliphatic carbocycles. The van der Waals surface area contributed by atoms with Crippen LogP contribution in [-0.4, -0.2) is 48.6 Å². The number of pyridine rings is 1. The van der Waals surface area contributed by atoms with Crippen molar-refractivity contribution in [1.82, 2.24) is 15.2 Å². The lowest BCUT2D eigenvalue weighted by Gasteiger charge is -2.21. The molecule has 1 aliphatic rings. The summed E-state index contributed by atoms with van der Waals surface area (Å²) in [5, 5.41) is 3.16. The summed E-state index contributed by atoms with van der Waals surface area (Å²) in [6.07, 6.45) is 3.91. The van der Waals surface area contributed by atoms with Gasteiger partial charge in [-0.2, -0.15) is 0 Å². The molecule has 0 spiro atoms. The van der Waals surface area contributed by atoms with Gasteiger partial charge in [0.15, 0.2) is 6.10 Å². The van der Waals surface area contributed by atoms with Crippen LogP contribution in [0, 0.1) is 5.92 Å². The van der Waals surface area contributed by atoms with Gasteiger partial charge in [-0.25, -0.2) is 0 Å². The predicted octanol–water partition coefficient (Wildman–Crippen LogP) is 1.76. The Labute approximate surface area is 138 Å². The Kier molecular flexibility index (Phi) is 9.33. The molecule has 2 heterocycles. The van der Waals surface area contributed by atoms with Crippen LogP contribution in [0.1, 0.15) is 13.3 Å². The molecule has 5 nitrogen and oxygen atoms in total. The second kappa shape index (κ2) is 9.82. The lowest BCUT2D eigenvalue weighted by Crippen LogP contribution is -2.39. The largest absolute Gasteiger partial charge is 0.479 e. The molecule has 1 saturated heterocycles. The van der Waals surface area contributed by atoms with E-state index >= 15 is 0 Å². The normalized spacial score (nSPS) is 18.4. The molecule has 2 atom stereocenters. The van der Waals surface area contributed by atoms with Crippen molar-refractivity contribution in [2.45, 2.75) is 19.4 Å². The van der Waals surface area contributed by atoms with Crippen LogP contribution in [0.25, 0.3) is 0 Å². The summed E-state index contributed by atoms with van der Waals surface area (Å²) in [5.41, 5.74) is 0. The van der Waals surface area contributed by atoms with Crippen LogP contribution in [0.15, 0.2) is 24.5 Å². The molecule has 0 saturated carbocycles. The molecule has 1 fully saturated rings. The monoisotopic (exact) mass is 335 g/mol. The minimum absolute atomic E-state index is 0. The van der Waals surface area contributed by atoms with E-state index in [9.17, 15) is 4.79 Å². The number of carbonyl (C=O) groups excluding carboxylic acids is 1. The number of nitrogens with zero attached hydrogens (tertiary/aromatic N) is 2. The van der Waals surface area contributed by atoms with Crippen molar-refractivity contribution in [2.24, 2.45) is 5.92 Å². The fraction of sp³-hybridized carbons (Fsp3) is 0.571. The zero-order valence-corrected chi connectivity index (χ0v) is 14.0. The predicted molar refractivity (Wildman–Crippen MR) is 87.4 cm³/mol. The van der Waals surface area contributed by atoms with E-state index in [0.29, 0.717) is 11.7 Å². The number of halogens is 2. The second-order valence-electron chi connectivity index (χ2n) is 4.95. The van der Waals surface area contributed by atoms with E-state index in [1.54, 1.807) is 25.4 Å². The number of nitrogens with one attached hydrogen (secondary N) is 1. The van der Waals surface area contributed by atoms with E-state index in [4.69, 9.17) is 4.74 Å². The summed E-state index contributed by atoms with van der Waals surface area (Å²) in [6, 6.07) is 3.61. The zero-order valence-electron chi connectivity index (χ0n) is 12.3. The summed E-state index contributed by atoms with van der Waals surface area (Å²) >= 11 is 0. The van der Waals surface area contributed by atoms with E-state index in [0.717, 1.165) is 26.1 Å². The lowest BCUT2D eigenvalue weighted by molar-refractivity contribution is -0.137. The van der Waals surface area contributed by atoms with E-state index < -0.39 is 6.10 Å². The summed E-state index contributed by atoms with van der Waals surface area (Å²) in [6.45, 7) is 4.40. The number of likely N-dealkylation sites (tertiary alicyclic amines) is 1. The highest BCUT2D eigenvalue weighted by atomic mass is 35.5. The quantitative estimate of drug-likeness (QED) is 0.890. The highest BCUT2D eigenvalue weighted by Gasteiger charge is 2.29. The molecule has 0 radical (unpaired) electrons. The van der Waals surface area contributed by atoms with Crippen LogP contribution in [-0.2, 0) is 4.79 Å². The van der Waals surface area contributed by atoms with Crippen molar-refractivity contribution in [2.75, 3.05) is 26.7 Å². The average Bonchev–Trinajstić information content (AvgIpc) is 2.88. The van der Waals surface area contributed by atoms with Crippen LogP contribution in [0.3, 0.4) is 0 Å². The number of ether oxygens (including phenoxy) is 1. The minimum Gasteiger partial charge on any atom is -0.479 e. The number of carbonyl (C=O) groups is 1. The molecule has 120 valence electrons. The van der Waals surface area contributed by atoms with Gasteiger partial charge in [0.25, 0.3) is 5.91 Å². The average molecular weight is 336 g/mol. The van der Waals surface area contributed by atoms with Crippen LogP contribution in [0.4, 0.5) is 0 Å². The van der Waals surface area contributed by atoms with Gasteiger partial charge in [-0.05, 0) is 45.0 Å². The molecular weight excluding hydrogens is 313 g/mol. The summed E-state index contributed by atoms with van der Waals surface area (Å²) in [4.78, 5) is 18.1. The molecule has 1 aromatic rings. The Morgan fingerprint density at radius 3 is 2.95 bits per heavy atom. The van der Waals surface area contributed by atoms with Gasteiger partial charge in [-0.15, -0.1) is 24.8 Å². The highest BCUT2D eigenvalue weighted by Crippen LogP contribution is 2.18. The van der Waals surface area contributed by atoms with Crippen molar-refractivity contribution >= 4 is 30.7 Å². The molecule has 7 heteroatoms. The fourth-order valence-electron chi connectivity index (χ4n) is 2.42. The first-order chi connectivity index (χ1) is 9.20. The third-order valence-electron chi connectivity index (χ3n) is 3.39. The third kappa shape index (κ3) is 5.69. The molecule has 1 amide bonds. The van der Waals surface area contributed by atoms with Crippen LogP contribution < -0.4 is 10.1 Å². The number of amides is 1. The first-order valence-corrected chi connectivity index (χ1v) is 6.70. The van der Waals surface area contributed by atoms with Gasteiger partial charge >= 0.3 is 0 Å². The molecule has 2 unspecified atom stereocenters. The van der Waals surface area contributed by atoms with Gasteiger partial charge in [0.2, 0.25) is 0 Å². The standard InChI is InChI=1S/C14H21N3O2.2ClH/c1-11(19-13-4-3-6-16-9-13)14(18)17-7-5-12(10-17)8-15-2;;/h3-4,6,9,11-12,15H,5,7-8,10H2,1-2H3;2*1H. The maximum Gasteiger partial charge on any atom is 0.263 e. The maximum atomic E-state index is 12.3. The second-order valence-corrected chi connectivity index (χ2v) is 4.95. The van der Waals surface area contributed by atoms with Crippen molar-refractivity contribution < 1.29 is 9.53 Å². The van der Waals surface area contributed by atoms with Crippen molar-refractivity contribution in [1.29, 1.82) is 0 Å². The molecule has 0 aromatic carbocycles. The Morgan fingerprint density at radius 1 is 1.57 bits per heavy atom. The third-order valence-corrected chi connectivity index (χ3v) is 3.39. The van der Waals surface area contributed by atoms with Crippen LogP contribution in [0.5, 0.6) is 5.75 Å². The smallest absolute Gasteiger partial charge is 0.263 e. The molecule has 0 bridgehead atoms. The summed E-state index contributed by atoms with van der Waals surface area (Å²) in [7, 11) is 1.94. The first kappa shape index (κ1) is 20.0. The van der Waals surface area contributed by atoms with Gasteiger partial charge in [-0.3, -0.25) is 9.78 Å². The summed E-state index contributed by atoms with van der Waals surface area (Å²) in [5.74, 6) is 1.25. The van der Waals surface area contributed by atoms with Crippen molar-refractivity contribution in [3.8, 4) is 5.75 Å². The van der Waals surface area contributed by atoms with E-state index in [2.05, 4.69) is 10.3 Å². The van der Waals surface area contributed by atoms with Crippen molar-refractivity contribution in [3.05, 3.63) is 24.5 Å².